The van der Waals surface area contributed by atoms with E-state index in [4.69, 9.17) is 11.0 Å². The molecule has 0 saturated heterocycles. The number of carbonyl (C=O) groups excluding carboxylic acids is 1. The molecule has 0 atom stereocenters. The summed E-state index contributed by atoms with van der Waals surface area (Å²) in [5.41, 5.74) is 6.72. The number of amides is 1. The predicted octanol–water partition coefficient (Wildman–Crippen LogP) is 2.58. The lowest BCUT2D eigenvalue weighted by molar-refractivity contribution is 0.100. The van der Waals surface area contributed by atoms with Crippen molar-refractivity contribution in [2.75, 3.05) is 17.2 Å². The minimum absolute atomic E-state index is 0.238. The Kier molecular flexibility index (Phi) is 5.59. The second-order valence-corrected chi connectivity index (χ2v) is 6.39. The van der Waals surface area contributed by atoms with Crippen molar-refractivity contribution in [3.05, 3.63) is 35.9 Å². The maximum atomic E-state index is 11.7. The summed E-state index contributed by atoms with van der Waals surface area (Å²) in [4.78, 5) is 23.9. The molecule has 0 spiro atoms. The minimum Gasteiger partial charge on any atom is -0.384 e. The molecule has 1 saturated carbocycles. The van der Waals surface area contributed by atoms with Crippen LogP contribution in [0.25, 0.3) is 0 Å². The zero-order valence-corrected chi connectivity index (χ0v) is 14.4. The first kappa shape index (κ1) is 17.6. The number of nitrogens with zero attached hydrogens (tertiary/aromatic N) is 4. The van der Waals surface area contributed by atoms with E-state index in [0.717, 1.165) is 6.54 Å². The van der Waals surface area contributed by atoms with Crippen LogP contribution in [0.5, 0.6) is 0 Å². The molecule has 8 nitrogen and oxygen atoms in total. The van der Waals surface area contributed by atoms with Crippen molar-refractivity contribution in [2.24, 2.45) is 11.7 Å². The number of rotatable bonds is 6. The Balaban J connectivity index is 1.74. The molecular weight excluding hydrogens is 330 g/mol. The number of nitrogens with two attached hydrogens (primary N) is 1. The highest BCUT2D eigenvalue weighted by Crippen LogP contribution is 2.26. The van der Waals surface area contributed by atoms with Gasteiger partial charge >= 0.3 is 0 Å². The quantitative estimate of drug-likeness (QED) is 0.729. The van der Waals surface area contributed by atoms with E-state index in [1.54, 1.807) is 6.07 Å². The van der Waals surface area contributed by atoms with E-state index in [0.29, 0.717) is 28.8 Å². The number of aromatic nitrogens is 3. The smallest absolute Gasteiger partial charge is 0.252 e. The van der Waals surface area contributed by atoms with E-state index < -0.39 is 5.91 Å². The van der Waals surface area contributed by atoms with Gasteiger partial charge in [0.25, 0.3) is 5.91 Å². The highest BCUT2D eigenvalue weighted by Gasteiger charge is 2.16. The molecule has 1 amide bonds. The van der Waals surface area contributed by atoms with E-state index in [1.807, 2.05) is 6.07 Å². The summed E-state index contributed by atoms with van der Waals surface area (Å²) in [6.07, 6.45) is 10.5. The van der Waals surface area contributed by atoms with Crippen LogP contribution in [0.2, 0.25) is 0 Å². The van der Waals surface area contributed by atoms with Crippen LogP contribution >= 0.6 is 0 Å². The number of pyridine rings is 1. The van der Waals surface area contributed by atoms with E-state index in [2.05, 4.69) is 25.6 Å². The van der Waals surface area contributed by atoms with Gasteiger partial charge in [0.05, 0.1) is 23.6 Å². The molecule has 4 N–H and O–H groups in total. The third kappa shape index (κ3) is 4.45. The summed E-state index contributed by atoms with van der Waals surface area (Å²) in [5.74, 6) is 1.06. The summed E-state index contributed by atoms with van der Waals surface area (Å²) in [6, 6.07) is 3.66. The van der Waals surface area contributed by atoms with Gasteiger partial charge in [-0.2, -0.15) is 5.26 Å². The molecule has 2 heterocycles. The molecule has 0 aliphatic heterocycles. The average molecular weight is 351 g/mol. The van der Waals surface area contributed by atoms with Gasteiger partial charge in [0.1, 0.15) is 17.7 Å². The van der Waals surface area contributed by atoms with Crippen LogP contribution in [-0.2, 0) is 0 Å². The first-order valence-corrected chi connectivity index (χ1v) is 8.68. The Bertz CT molecular complexity index is 807. The number of nitriles is 1. The molecule has 8 heteroatoms. The van der Waals surface area contributed by atoms with Crippen LogP contribution in [0.4, 0.5) is 17.3 Å². The maximum absolute atomic E-state index is 11.7. The normalized spacial score (nSPS) is 14.4. The molecule has 2 aromatic rings. The molecule has 3 rings (SSSR count). The standard InChI is InChI=1S/C18H21N7O/c19-7-13-9-23-17(11-21-13)25-16-6-15(14(10-24-16)18(20)26)22-8-12-4-2-1-3-5-12/h6,9-12H,1-5,8H2,(H2,20,26)(H2,22,23,24,25). The second-order valence-electron chi connectivity index (χ2n) is 6.39. The van der Waals surface area contributed by atoms with E-state index >= 15 is 0 Å². The summed E-state index contributed by atoms with van der Waals surface area (Å²) < 4.78 is 0. The zero-order valence-electron chi connectivity index (χ0n) is 14.4. The fourth-order valence-corrected chi connectivity index (χ4v) is 3.09. The van der Waals surface area contributed by atoms with Gasteiger partial charge in [-0.1, -0.05) is 19.3 Å². The van der Waals surface area contributed by atoms with Crippen molar-refractivity contribution in [2.45, 2.75) is 32.1 Å². The number of carbonyl (C=O) groups is 1. The largest absolute Gasteiger partial charge is 0.384 e. The van der Waals surface area contributed by atoms with Gasteiger partial charge in [0, 0.05) is 18.8 Å². The number of primary amides is 1. The summed E-state index contributed by atoms with van der Waals surface area (Å²) in [6.45, 7) is 0.806. The molecular formula is C18H21N7O. The molecule has 1 fully saturated rings. The Morgan fingerprint density at radius 3 is 2.58 bits per heavy atom. The van der Waals surface area contributed by atoms with Crippen LogP contribution in [0.1, 0.15) is 48.2 Å². The zero-order chi connectivity index (χ0) is 18.4. The Labute approximate surface area is 151 Å². The minimum atomic E-state index is -0.520. The monoisotopic (exact) mass is 351 g/mol. The Morgan fingerprint density at radius 2 is 1.92 bits per heavy atom. The molecule has 0 bridgehead atoms. The van der Waals surface area contributed by atoms with Gasteiger partial charge in [0.2, 0.25) is 0 Å². The fourth-order valence-electron chi connectivity index (χ4n) is 3.09. The van der Waals surface area contributed by atoms with Crippen LogP contribution < -0.4 is 16.4 Å². The van der Waals surface area contributed by atoms with Gasteiger partial charge in [-0.3, -0.25) is 4.79 Å². The van der Waals surface area contributed by atoms with Crippen LogP contribution in [0, 0.1) is 17.2 Å². The number of hydrogen-bond donors (Lipinski definition) is 3. The van der Waals surface area contributed by atoms with E-state index in [1.165, 1.54) is 50.7 Å². The molecule has 1 aliphatic carbocycles. The SMILES string of the molecule is N#Cc1cnc(Nc2cc(NCC3CCCCC3)c(C(N)=O)cn2)cn1. The summed E-state index contributed by atoms with van der Waals surface area (Å²) in [7, 11) is 0. The third-order valence-electron chi connectivity index (χ3n) is 4.50. The highest BCUT2D eigenvalue weighted by atomic mass is 16.1. The van der Waals surface area contributed by atoms with Gasteiger partial charge in [-0.25, -0.2) is 15.0 Å². The van der Waals surface area contributed by atoms with Gasteiger partial charge < -0.3 is 16.4 Å². The predicted molar refractivity (Wildman–Crippen MR) is 97.8 cm³/mol. The molecule has 26 heavy (non-hydrogen) atoms. The molecule has 0 aromatic carbocycles. The van der Waals surface area contributed by atoms with E-state index in [-0.39, 0.29) is 5.69 Å². The first-order valence-electron chi connectivity index (χ1n) is 8.68. The van der Waals surface area contributed by atoms with E-state index in [9.17, 15) is 4.79 Å². The number of anilines is 3. The lowest BCUT2D eigenvalue weighted by Gasteiger charge is -2.23. The molecule has 1 aliphatic rings. The van der Waals surface area contributed by atoms with Crippen molar-refractivity contribution >= 4 is 23.2 Å². The van der Waals surface area contributed by atoms with Crippen LogP contribution in [-0.4, -0.2) is 27.4 Å². The van der Waals surface area contributed by atoms with Crippen molar-refractivity contribution in [3.63, 3.8) is 0 Å². The molecule has 0 unspecified atom stereocenters. The van der Waals surface area contributed by atoms with Gasteiger partial charge in [-0.15, -0.1) is 0 Å². The number of nitrogens with one attached hydrogen (secondary N) is 2. The Morgan fingerprint density at radius 1 is 1.15 bits per heavy atom. The summed E-state index contributed by atoms with van der Waals surface area (Å²) >= 11 is 0. The maximum Gasteiger partial charge on any atom is 0.252 e. The molecule has 2 aromatic heterocycles. The average Bonchev–Trinajstić information content (AvgIpc) is 2.68. The van der Waals surface area contributed by atoms with Gasteiger partial charge in [0.15, 0.2) is 5.69 Å². The van der Waals surface area contributed by atoms with Crippen LogP contribution in [0.15, 0.2) is 24.7 Å². The topological polar surface area (TPSA) is 130 Å². The second kappa shape index (κ2) is 8.25. The number of hydrogen-bond acceptors (Lipinski definition) is 7. The first-order chi connectivity index (χ1) is 12.7. The Hall–Kier alpha value is -3.21. The highest BCUT2D eigenvalue weighted by molar-refractivity contribution is 5.98. The summed E-state index contributed by atoms with van der Waals surface area (Å²) in [5, 5.41) is 15.1. The van der Waals surface area contributed by atoms with Crippen LogP contribution in [0.3, 0.4) is 0 Å². The lowest BCUT2D eigenvalue weighted by atomic mass is 9.89. The fraction of sp³-hybridized carbons (Fsp3) is 0.389. The van der Waals surface area contributed by atoms with Crippen molar-refractivity contribution in [1.29, 1.82) is 5.26 Å². The third-order valence-corrected chi connectivity index (χ3v) is 4.50. The molecule has 134 valence electrons. The van der Waals surface area contributed by atoms with Crippen molar-refractivity contribution < 1.29 is 4.79 Å². The van der Waals surface area contributed by atoms with Crippen molar-refractivity contribution in [1.82, 2.24) is 15.0 Å². The lowest BCUT2D eigenvalue weighted by Crippen LogP contribution is -2.20. The molecule has 0 radical (unpaired) electrons. The van der Waals surface area contributed by atoms with Crippen molar-refractivity contribution in [3.8, 4) is 6.07 Å². The van der Waals surface area contributed by atoms with Gasteiger partial charge in [-0.05, 0) is 18.8 Å².